The summed E-state index contributed by atoms with van der Waals surface area (Å²) in [5.74, 6) is -3.30. The fourth-order valence-electron chi connectivity index (χ4n) is 2.96. The average Bonchev–Trinajstić information content (AvgIpc) is 2.74. The SMILES string of the molecule is CSCC[C@H](NC(=O)OC(C)(C)C)C(=O)N[C@@H](CC(=O)O)C(=O)N[C@@H](Cc1ccccc1)C(N)=O. The highest BCUT2D eigenvalue weighted by atomic mass is 32.2. The van der Waals surface area contributed by atoms with Gasteiger partial charge in [0.1, 0.15) is 23.7 Å². The Balaban J connectivity index is 2.97. The third kappa shape index (κ3) is 12.1. The van der Waals surface area contributed by atoms with Crippen LogP contribution in [-0.4, -0.2) is 70.6 Å². The minimum atomic E-state index is -1.50. The van der Waals surface area contributed by atoms with E-state index < -0.39 is 59.9 Å². The molecule has 0 saturated heterocycles. The summed E-state index contributed by atoms with van der Waals surface area (Å²) in [6, 6.07) is 5.11. The van der Waals surface area contributed by atoms with E-state index in [1.54, 1.807) is 51.1 Å². The van der Waals surface area contributed by atoms with Crippen LogP contribution in [0.5, 0.6) is 0 Å². The lowest BCUT2D eigenvalue weighted by Crippen LogP contribution is -2.57. The number of nitrogens with two attached hydrogens (primary N) is 1. The van der Waals surface area contributed by atoms with Gasteiger partial charge in [0, 0.05) is 6.42 Å². The first kappa shape index (κ1) is 29.8. The molecule has 0 aliphatic carbocycles. The van der Waals surface area contributed by atoms with Gasteiger partial charge in [0.15, 0.2) is 0 Å². The summed E-state index contributed by atoms with van der Waals surface area (Å²) < 4.78 is 5.19. The van der Waals surface area contributed by atoms with Gasteiger partial charge >= 0.3 is 12.1 Å². The fourth-order valence-corrected chi connectivity index (χ4v) is 3.43. The van der Waals surface area contributed by atoms with Gasteiger partial charge in [-0.05, 0) is 44.8 Å². The first-order valence-electron chi connectivity index (χ1n) is 11.0. The van der Waals surface area contributed by atoms with Crippen LogP contribution in [0.4, 0.5) is 4.79 Å². The number of carbonyl (C=O) groups is 5. The van der Waals surface area contributed by atoms with E-state index >= 15 is 0 Å². The third-order valence-corrected chi connectivity index (χ3v) is 5.22. The van der Waals surface area contributed by atoms with Gasteiger partial charge in [-0.25, -0.2) is 4.79 Å². The molecule has 1 aromatic carbocycles. The predicted molar refractivity (Wildman–Crippen MR) is 132 cm³/mol. The van der Waals surface area contributed by atoms with E-state index in [2.05, 4.69) is 16.0 Å². The van der Waals surface area contributed by atoms with Crippen LogP contribution >= 0.6 is 11.8 Å². The molecule has 0 aromatic heterocycles. The number of hydrogen-bond donors (Lipinski definition) is 5. The van der Waals surface area contributed by atoms with Gasteiger partial charge in [-0.3, -0.25) is 19.2 Å². The normalized spacial score (nSPS) is 13.6. The molecule has 0 bridgehead atoms. The Labute approximate surface area is 208 Å². The van der Waals surface area contributed by atoms with Gasteiger partial charge in [0.25, 0.3) is 0 Å². The molecule has 3 atom stereocenters. The number of carbonyl (C=O) groups excluding carboxylic acids is 4. The monoisotopic (exact) mass is 510 g/mol. The molecule has 1 aromatic rings. The van der Waals surface area contributed by atoms with Crippen molar-refractivity contribution in [2.24, 2.45) is 5.73 Å². The summed E-state index contributed by atoms with van der Waals surface area (Å²) in [5.41, 5.74) is 5.36. The maximum Gasteiger partial charge on any atom is 0.408 e. The third-order valence-electron chi connectivity index (χ3n) is 4.57. The smallest absolute Gasteiger partial charge is 0.408 e. The second kappa shape index (κ2) is 14.2. The Morgan fingerprint density at radius 3 is 2.06 bits per heavy atom. The van der Waals surface area contributed by atoms with E-state index in [1.165, 1.54) is 11.8 Å². The minimum absolute atomic E-state index is 0.0895. The van der Waals surface area contributed by atoms with Crippen molar-refractivity contribution < 1.29 is 33.8 Å². The standard InChI is InChI=1S/C23H34N4O7S/c1-23(2,3)34-22(33)27-15(10-11-35-4)20(31)26-17(13-18(28)29)21(32)25-16(19(24)30)12-14-8-6-5-7-9-14/h5-9,15-17H,10-13H2,1-4H3,(H2,24,30)(H,25,32)(H,26,31)(H,27,33)(H,28,29)/t15-,16-,17-/m0/s1. The molecule has 0 spiro atoms. The van der Waals surface area contributed by atoms with Crippen molar-refractivity contribution in [3.8, 4) is 0 Å². The summed E-state index contributed by atoms with van der Waals surface area (Å²) in [5, 5.41) is 16.5. The molecule has 0 aliphatic heterocycles. The fraction of sp³-hybridized carbons (Fsp3) is 0.522. The number of aliphatic carboxylic acids is 1. The number of thioether (sulfide) groups is 1. The molecule has 0 unspecified atom stereocenters. The van der Waals surface area contributed by atoms with Crippen LogP contribution in [0.25, 0.3) is 0 Å². The molecule has 11 nitrogen and oxygen atoms in total. The molecule has 0 fully saturated rings. The maximum atomic E-state index is 12.9. The lowest BCUT2D eigenvalue weighted by molar-refractivity contribution is -0.141. The molecule has 0 heterocycles. The molecule has 12 heteroatoms. The van der Waals surface area contributed by atoms with E-state index in [0.29, 0.717) is 5.75 Å². The molecule has 0 saturated carbocycles. The molecule has 6 N–H and O–H groups in total. The molecule has 4 amide bonds. The van der Waals surface area contributed by atoms with Crippen LogP contribution < -0.4 is 21.7 Å². The van der Waals surface area contributed by atoms with Crippen LogP contribution in [0.3, 0.4) is 0 Å². The van der Waals surface area contributed by atoms with E-state index in [4.69, 9.17) is 10.5 Å². The average molecular weight is 511 g/mol. The quantitative estimate of drug-likeness (QED) is 0.259. The van der Waals surface area contributed by atoms with Crippen molar-refractivity contribution in [3.05, 3.63) is 35.9 Å². The van der Waals surface area contributed by atoms with E-state index in [-0.39, 0.29) is 12.8 Å². The van der Waals surface area contributed by atoms with Crippen LogP contribution in [0.2, 0.25) is 0 Å². The van der Waals surface area contributed by atoms with Crippen LogP contribution in [0, 0.1) is 0 Å². The van der Waals surface area contributed by atoms with E-state index in [1.807, 2.05) is 6.26 Å². The number of primary amides is 1. The van der Waals surface area contributed by atoms with Crippen molar-refractivity contribution in [3.63, 3.8) is 0 Å². The molecule has 35 heavy (non-hydrogen) atoms. The van der Waals surface area contributed by atoms with Crippen LogP contribution in [-0.2, 0) is 30.3 Å². The van der Waals surface area contributed by atoms with Crippen molar-refractivity contribution in [1.82, 2.24) is 16.0 Å². The molecule has 194 valence electrons. The number of carboxylic acid groups (broad SMARTS) is 1. The van der Waals surface area contributed by atoms with Crippen molar-refractivity contribution in [2.45, 2.75) is 63.8 Å². The molecule has 1 rings (SSSR count). The summed E-state index contributed by atoms with van der Waals surface area (Å²) in [7, 11) is 0. The Morgan fingerprint density at radius 1 is 0.971 bits per heavy atom. The lowest BCUT2D eigenvalue weighted by Gasteiger charge is -2.25. The largest absolute Gasteiger partial charge is 0.481 e. The van der Waals surface area contributed by atoms with Crippen LogP contribution in [0.1, 0.15) is 39.2 Å². The summed E-state index contributed by atoms with van der Waals surface area (Å²) in [6.45, 7) is 5.00. The van der Waals surface area contributed by atoms with E-state index in [9.17, 15) is 29.1 Å². The highest BCUT2D eigenvalue weighted by Gasteiger charge is 2.31. The second-order valence-corrected chi connectivity index (χ2v) is 9.78. The molecule has 0 aliphatic rings. The number of carboxylic acids is 1. The van der Waals surface area contributed by atoms with Crippen molar-refractivity contribution in [2.75, 3.05) is 12.0 Å². The number of hydrogen-bond acceptors (Lipinski definition) is 7. The zero-order valence-electron chi connectivity index (χ0n) is 20.3. The van der Waals surface area contributed by atoms with Gasteiger partial charge in [0.05, 0.1) is 6.42 Å². The Hall–Kier alpha value is -3.28. The number of alkyl carbamates (subject to hydrolysis) is 1. The molecular formula is C23H34N4O7S. The summed E-state index contributed by atoms with van der Waals surface area (Å²) >= 11 is 1.44. The van der Waals surface area contributed by atoms with Crippen molar-refractivity contribution >= 4 is 41.5 Å². The molecule has 0 radical (unpaired) electrons. The number of amides is 4. The van der Waals surface area contributed by atoms with Gasteiger partial charge < -0.3 is 31.5 Å². The maximum absolute atomic E-state index is 12.9. The Kier molecular flexibility index (Phi) is 12.1. The highest BCUT2D eigenvalue weighted by molar-refractivity contribution is 7.98. The van der Waals surface area contributed by atoms with Crippen LogP contribution in [0.15, 0.2) is 30.3 Å². The van der Waals surface area contributed by atoms with Gasteiger partial charge in [-0.2, -0.15) is 11.8 Å². The minimum Gasteiger partial charge on any atom is -0.481 e. The zero-order valence-corrected chi connectivity index (χ0v) is 21.1. The molecular weight excluding hydrogens is 476 g/mol. The zero-order chi connectivity index (χ0) is 26.6. The number of rotatable bonds is 13. The number of benzene rings is 1. The topological polar surface area (TPSA) is 177 Å². The van der Waals surface area contributed by atoms with Crippen molar-refractivity contribution in [1.29, 1.82) is 0 Å². The highest BCUT2D eigenvalue weighted by Crippen LogP contribution is 2.09. The first-order chi connectivity index (χ1) is 16.3. The van der Waals surface area contributed by atoms with Gasteiger partial charge in [-0.1, -0.05) is 30.3 Å². The second-order valence-electron chi connectivity index (χ2n) is 8.79. The van der Waals surface area contributed by atoms with E-state index in [0.717, 1.165) is 5.56 Å². The summed E-state index contributed by atoms with van der Waals surface area (Å²) in [4.78, 5) is 61.2. The predicted octanol–water partition coefficient (Wildman–Crippen LogP) is 0.805. The lowest BCUT2D eigenvalue weighted by atomic mass is 10.0. The van der Waals surface area contributed by atoms with Gasteiger partial charge in [-0.15, -0.1) is 0 Å². The first-order valence-corrected chi connectivity index (χ1v) is 12.4. The Bertz CT molecular complexity index is 890. The van der Waals surface area contributed by atoms with Gasteiger partial charge in [0.2, 0.25) is 17.7 Å². The Morgan fingerprint density at radius 2 is 1.54 bits per heavy atom. The number of nitrogens with one attached hydrogen (secondary N) is 3. The summed E-state index contributed by atoms with van der Waals surface area (Å²) in [6.07, 6.45) is 0.558. The number of ether oxygens (including phenoxy) is 1.